The molecule has 2 unspecified atom stereocenters. The molecule has 0 heterocycles. The molecule has 3 aromatic carbocycles. The zero-order valence-corrected chi connectivity index (χ0v) is 24.8. The van der Waals surface area contributed by atoms with E-state index in [1.54, 1.807) is 28.4 Å². The second-order valence-corrected chi connectivity index (χ2v) is 9.93. The monoisotopic (exact) mass is 575 g/mol. The van der Waals surface area contributed by atoms with Gasteiger partial charge in [0.15, 0.2) is 23.0 Å². The third-order valence-corrected chi connectivity index (χ3v) is 7.00. The largest absolute Gasteiger partial charge is 0.493 e. The number of benzene rings is 3. The maximum absolute atomic E-state index is 10.4. The third-order valence-electron chi connectivity index (χ3n) is 7.00. The lowest BCUT2D eigenvalue weighted by Crippen LogP contribution is -2.27. The Morgan fingerprint density at radius 3 is 2.17 bits per heavy atom. The van der Waals surface area contributed by atoms with Crippen molar-refractivity contribution >= 4 is 17.8 Å². The summed E-state index contributed by atoms with van der Waals surface area (Å²) in [6, 6.07) is 17.2. The number of hydrogen-bond donors (Lipinski definition) is 2. The van der Waals surface area contributed by atoms with Crippen molar-refractivity contribution in [1.29, 1.82) is 0 Å². The summed E-state index contributed by atoms with van der Waals surface area (Å²) in [5.74, 6) is 3.00. The number of aliphatic hydroxyl groups excluding tert-OH is 1. The molecule has 0 spiro atoms. The summed E-state index contributed by atoms with van der Waals surface area (Å²) in [5.41, 5.74) is 3.59. The summed E-state index contributed by atoms with van der Waals surface area (Å²) in [7, 11) is 6.39. The molecule has 0 fully saturated rings. The Kier molecular flexibility index (Phi) is 11.6. The molecular formula is C34H41NO7. The first-order valence-electron chi connectivity index (χ1n) is 14.2. The number of hydrogen-bond acceptors (Lipinski definition) is 8. The van der Waals surface area contributed by atoms with Gasteiger partial charge < -0.3 is 38.8 Å². The summed E-state index contributed by atoms with van der Waals surface area (Å²) in [6.07, 6.45) is 12.5. The van der Waals surface area contributed by atoms with Gasteiger partial charge in [-0.2, -0.15) is 0 Å². The van der Waals surface area contributed by atoms with Crippen LogP contribution in [0.3, 0.4) is 0 Å². The Balaban J connectivity index is 1.34. The van der Waals surface area contributed by atoms with Crippen LogP contribution in [0.1, 0.15) is 48.8 Å². The minimum Gasteiger partial charge on any atom is -0.493 e. The van der Waals surface area contributed by atoms with Gasteiger partial charge in [-0.05, 0) is 72.4 Å². The number of nitrogens with one attached hydrogen (secondary N) is 1. The summed E-state index contributed by atoms with van der Waals surface area (Å²) in [6.45, 7) is 0.364. The molecule has 8 heteroatoms. The van der Waals surface area contributed by atoms with E-state index >= 15 is 0 Å². The van der Waals surface area contributed by atoms with Gasteiger partial charge in [0.2, 0.25) is 12.2 Å². The molecular weight excluding hydrogens is 534 g/mol. The lowest BCUT2D eigenvalue weighted by Gasteiger charge is -2.21. The molecule has 8 nitrogen and oxygen atoms in total. The highest BCUT2D eigenvalue weighted by Crippen LogP contribution is 2.39. The van der Waals surface area contributed by atoms with Crippen LogP contribution in [0.15, 0.2) is 66.7 Å². The van der Waals surface area contributed by atoms with Crippen LogP contribution in [-0.2, 0) is 11.3 Å². The maximum atomic E-state index is 10.4. The van der Waals surface area contributed by atoms with E-state index in [4.69, 9.17) is 28.4 Å². The predicted molar refractivity (Wildman–Crippen MR) is 166 cm³/mol. The van der Waals surface area contributed by atoms with Crippen LogP contribution in [0, 0.1) is 0 Å². The van der Waals surface area contributed by atoms with Gasteiger partial charge >= 0.3 is 0 Å². The van der Waals surface area contributed by atoms with Crippen LogP contribution in [0.5, 0.6) is 28.7 Å². The molecule has 2 atom stereocenters. The summed E-state index contributed by atoms with van der Waals surface area (Å²) >= 11 is 0. The molecule has 42 heavy (non-hydrogen) atoms. The first-order valence-corrected chi connectivity index (χ1v) is 14.2. The van der Waals surface area contributed by atoms with Crippen molar-refractivity contribution in [3.63, 3.8) is 0 Å². The molecule has 0 radical (unpaired) electrons. The molecule has 224 valence electrons. The van der Waals surface area contributed by atoms with Crippen LogP contribution >= 0.6 is 0 Å². The fraction of sp³-hybridized carbons (Fsp3) is 0.353. The molecule has 2 N–H and O–H groups in total. The maximum Gasteiger partial charge on any atom is 0.236 e. The molecule has 0 saturated heterocycles. The van der Waals surface area contributed by atoms with E-state index in [-0.39, 0.29) is 6.10 Å². The first-order chi connectivity index (χ1) is 20.5. The van der Waals surface area contributed by atoms with Gasteiger partial charge in [-0.15, -0.1) is 0 Å². The topological polar surface area (TPSA) is 87.6 Å². The summed E-state index contributed by atoms with van der Waals surface area (Å²) < 4.78 is 33.7. The second kappa shape index (κ2) is 15.7. The highest BCUT2D eigenvalue weighted by Gasteiger charge is 2.14. The number of ether oxygens (including phenoxy) is 6. The second-order valence-electron chi connectivity index (χ2n) is 9.93. The standard InChI is InChI=1S/C34H41NO7/c1-37-30-20-24(12-13-26-21-31(38-2)33(40-4)32(22-26)39-3)16-19-29(30)41-23-25-14-17-27(18-15-25)35-34(36)42-28-10-8-6-5-7-9-11-28/h8,10,12-22,28,34-36H,5-7,9,11,23H2,1-4H3/b10-8+,13-12-. The Morgan fingerprint density at radius 1 is 0.786 bits per heavy atom. The molecule has 0 amide bonds. The molecule has 1 aliphatic carbocycles. The van der Waals surface area contributed by atoms with Crippen molar-refractivity contribution in [1.82, 2.24) is 0 Å². The number of methoxy groups -OCH3 is 4. The van der Waals surface area contributed by atoms with Crippen LogP contribution in [0.4, 0.5) is 5.69 Å². The zero-order valence-electron chi connectivity index (χ0n) is 24.8. The lowest BCUT2D eigenvalue weighted by atomic mass is 10.0. The van der Waals surface area contributed by atoms with Crippen LogP contribution in [0.2, 0.25) is 0 Å². The van der Waals surface area contributed by atoms with E-state index in [2.05, 4.69) is 17.5 Å². The number of aliphatic hydroxyl groups is 1. The minimum atomic E-state index is -1.08. The van der Waals surface area contributed by atoms with Gasteiger partial charge in [-0.25, -0.2) is 0 Å². The quantitative estimate of drug-likeness (QED) is 0.127. The Labute approximate surface area is 248 Å². The normalized spacial score (nSPS) is 16.6. The molecule has 0 aliphatic heterocycles. The van der Waals surface area contributed by atoms with E-state index in [9.17, 15) is 5.11 Å². The molecule has 0 aromatic heterocycles. The van der Waals surface area contributed by atoms with Crippen LogP contribution < -0.4 is 29.0 Å². The van der Waals surface area contributed by atoms with Crippen molar-refractivity contribution in [3.8, 4) is 28.7 Å². The van der Waals surface area contributed by atoms with Crippen LogP contribution in [0.25, 0.3) is 12.2 Å². The summed E-state index contributed by atoms with van der Waals surface area (Å²) in [4.78, 5) is 0. The van der Waals surface area contributed by atoms with Gasteiger partial charge in [0.05, 0.1) is 34.5 Å². The summed E-state index contributed by atoms with van der Waals surface area (Å²) in [5, 5.41) is 13.4. The van der Waals surface area contributed by atoms with Crippen molar-refractivity contribution in [2.45, 2.75) is 51.2 Å². The smallest absolute Gasteiger partial charge is 0.236 e. The fourth-order valence-corrected chi connectivity index (χ4v) is 4.74. The van der Waals surface area contributed by atoms with Gasteiger partial charge in [-0.3, -0.25) is 0 Å². The molecule has 3 aromatic rings. The molecule has 4 rings (SSSR count). The van der Waals surface area contributed by atoms with Crippen LogP contribution in [-0.4, -0.2) is 46.1 Å². The van der Waals surface area contributed by atoms with Gasteiger partial charge in [0, 0.05) is 5.69 Å². The first kappa shape index (κ1) is 30.8. The van der Waals surface area contributed by atoms with E-state index < -0.39 is 6.41 Å². The molecule has 0 bridgehead atoms. The average molecular weight is 576 g/mol. The number of anilines is 1. The highest BCUT2D eigenvalue weighted by atomic mass is 16.6. The van der Waals surface area contributed by atoms with Gasteiger partial charge in [0.1, 0.15) is 6.61 Å². The predicted octanol–water partition coefficient (Wildman–Crippen LogP) is 7.06. The van der Waals surface area contributed by atoms with Gasteiger partial charge in [0.25, 0.3) is 0 Å². The van der Waals surface area contributed by atoms with E-state index in [1.807, 2.05) is 66.7 Å². The molecule has 1 aliphatic rings. The third kappa shape index (κ3) is 8.68. The average Bonchev–Trinajstić information content (AvgIpc) is 3.00. The van der Waals surface area contributed by atoms with Crippen molar-refractivity contribution < 1.29 is 33.5 Å². The lowest BCUT2D eigenvalue weighted by molar-refractivity contribution is -0.105. The highest BCUT2D eigenvalue weighted by molar-refractivity contribution is 5.73. The van der Waals surface area contributed by atoms with Crippen molar-refractivity contribution in [3.05, 3.63) is 83.4 Å². The Morgan fingerprint density at radius 2 is 1.48 bits per heavy atom. The Bertz CT molecular complexity index is 1310. The van der Waals surface area contributed by atoms with E-state index in [1.165, 1.54) is 12.8 Å². The Hall–Kier alpha value is -4.14. The van der Waals surface area contributed by atoms with E-state index in [0.717, 1.165) is 41.6 Å². The fourth-order valence-electron chi connectivity index (χ4n) is 4.74. The SMILES string of the molecule is COc1cc(/C=C\c2cc(OC)c(OC)c(OC)c2)ccc1OCc1ccc(NC(O)OC2/C=C/CCCCC2)cc1. The zero-order chi connectivity index (χ0) is 29.7. The van der Waals surface area contributed by atoms with E-state index in [0.29, 0.717) is 35.4 Å². The molecule has 0 saturated carbocycles. The van der Waals surface area contributed by atoms with Gasteiger partial charge in [-0.1, -0.05) is 55.3 Å². The number of allylic oxidation sites excluding steroid dienone is 1. The minimum absolute atomic E-state index is 0.0770. The van der Waals surface area contributed by atoms with Crippen molar-refractivity contribution in [2.75, 3.05) is 33.8 Å². The van der Waals surface area contributed by atoms with Crippen molar-refractivity contribution in [2.24, 2.45) is 0 Å². The number of rotatable bonds is 13.